The van der Waals surface area contributed by atoms with Crippen LogP contribution >= 0.6 is 15.9 Å². The Kier molecular flexibility index (Phi) is 4.78. The highest BCUT2D eigenvalue weighted by Gasteiger charge is 2.31. The van der Waals surface area contributed by atoms with E-state index in [1.165, 1.54) is 0 Å². The van der Waals surface area contributed by atoms with Crippen LogP contribution in [-0.4, -0.2) is 25.7 Å². The van der Waals surface area contributed by atoms with Crippen molar-refractivity contribution in [3.63, 3.8) is 0 Å². The predicted molar refractivity (Wildman–Crippen MR) is 72.6 cm³/mol. The van der Waals surface area contributed by atoms with Crippen molar-refractivity contribution >= 4 is 26.0 Å². The van der Waals surface area contributed by atoms with E-state index in [4.69, 9.17) is 0 Å². The van der Waals surface area contributed by atoms with Gasteiger partial charge in [0.15, 0.2) is 0 Å². The van der Waals surface area contributed by atoms with Crippen molar-refractivity contribution in [2.45, 2.75) is 42.7 Å². The molecule has 0 spiro atoms. The topological polar surface area (TPSA) is 66.4 Å². The van der Waals surface area contributed by atoms with Crippen LogP contribution in [0.2, 0.25) is 0 Å². The summed E-state index contributed by atoms with van der Waals surface area (Å²) in [5, 5.41) is 9.77. The van der Waals surface area contributed by atoms with Gasteiger partial charge in [0.25, 0.3) is 0 Å². The van der Waals surface area contributed by atoms with Crippen LogP contribution in [0.15, 0.2) is 21.5 Å². The zero-order valence-electron chi connectivity index (χ0n) is 10.4. The molecule has 8 heteroatoms. The largest absolute Gasteiger partial charge is 0.391 e. The Hall–Kier alpha value is -0.570. The second-order valence-corrected chi connectivity index (χ2v) is 7.28. The Morgan fingerprint density at radius 2 is 1.90 bits per heavy atom. The quantitative estimate of drug-likeness (QED) is 0.858. The van der Waals surface area contributed by atoms with Crippen LogP contribution in [0, 0.1) is 11.6 Å². The van der Waals surface area contributed by atoms with Gasteiger partial charge in [-0.1, -0.05) is 12.8 Å². The lowest BCUT2D eigenvalue weighted by molar-refractivity contribution is 0.101. The summed E-state index contributed by atoms with van der Waals surface area (Å²) in [6, 6.07) is 0.746. The monoisotopic (exact) mass is 369 g/mol. The molecule has 0 radical (unpaired) electrons. The Labute approximate surface area is 124 Å². The maximum absolute atomic E-state index is 13.7. The van der Waals surface area contributed by atoms with Gasteiger partial charge in [-0.3, -0.25) is 0 Å². The molecule has 0 bridgehead atoms. The first-order valence-electron chi connectivity index (χ1n) is 6.16. The maximum atomic E-state index is 13.7. The summed E-state index contributed by atoms with van der Waals surface area (Å²) >= 11 is 2.85. The first kappa shape index (κ1) is 15.8. The van der Waals surface area contributed by atoms with E-state index >= 15 is 0 Å². The lowest BCUT2D eigenvalue weighted by Gasteiger charge is -2.28. The molecule has 20 heavy (non-hydrogen) atoms. The van der Waals surface area contributed by atoms with Crippen LogP contribution in [0.25, 0.3) is 0 Å². The van der Waals surface area contributed by atoms with Gasteiger partial charge in [-0.05, 0) is 34.8 Å². The molecule has 0 heterocycles. The highest BCUT2D eigenvalue weighted by atomic mass is 79.9. The molecule has 1 saturated carbocycles. The molecule has 112 valence electrons. The third kappa shape index (κ3) is 3.36. The van der Waals surface area contributed by atoms with Crippen LogP contribution in [0.4, 0.5) is 8.78 Å². The van der Waals surface area contributed by atoms with Crippen LogP contribution in [0.1, 0.15) is 25.7 Å². The lowest BCUT2D eigenvalue weighted by atomic mass is 9.93. The molecule has 1 aliphatic rings. The molecule has 2 rings (SSSR count). The van der Waals surface area contributed by atoms with Gasteiger partial charge in [0.05, 0.1) is 6.10 Å². The van der Waals surface area contributed by atoms with Gasteiger partial charge in [-0.15, -0.1) is 0 Å². The Morgan fingerprint density at radius 1 is 1.25 bits per heavy atom. The summed E-state index contributed by atoms with van der Waals surface area (Å²) in [4.78, 5) is -0.642. The molecule has 4 nitrogen and oxygen atoms in total. The number of hydrogen-bond donors (Lipinski definition) is 2. The Balaban J connectivity index is 2.31. The Bertz CT molecular complexity index is 586. The molecule has 1 aliphatic carbocycles. The minimum atomic E-state index is -4.17. The average molecular weight is 370 g/mol. The van der Waals surface area contributed by atoms with Crippen molar-refractivity contribution < 1.29 is 22.3 Å². The van der Waals surface area contributed by atoms with Crippen molar-refractivity contribution in [3.8, 4) is 0 Å². The van der Waals surface area contributed by atoms with Crippen LogP contribution in [0.5, 0.6) is 0 Å². The highest BCUT2D eigenvalue weighted by Crippen LogP contribution is 2.28. The van der Waals surface area contributed by atoms with E-state index < -0.39 is 38.7 Å². The maximum Gasteiger partial charge on any atom is 0.244 e. The summed E-state index contributed by atoms with van der Waals surface area (Å²) in [7, 11) is -4.17. The molecule has 0 saturated heterocycles. The van der Waals surface area contributed by atoms with Gasteiger partial charge < -0.3 is 5.11 Å². The summed E-state index contributed by atoms with van der Waals surface area (Å²) < 4.78 is 53.2. The summed E-state index contributed by atoms with van der Waals surface area (Å²) in [6.45, 7) is 0. The number of aliphatic hydroxyl groups is 1. The SMILES string of the molecule is O=S(=O)(N[C@@H]1CCCC[C@H]1O)c1c(F)cc(F)cc1Br. The minimum absolute atomic E-state index is 0.187. The Morgan fingerprint density at radius 3 is 2.50 bits per heavy atom. The van der Waals surface area contributed by atoms with Crippen molar-refractivity contribution in [2.75, 3.05) is 0 Å². The van der Waals surface area contributed by atoms with Crippen LogP contribution < -0.4 is 4.72 Å². The van der Waals surface area contributed by atoms with Gasteiger partial charge in [-0.25, -0.2) is 21.9 Å². The zero-order valence-corrected chi connectivity index (χ0v) is 12.8. The predicted octanol–water partition coefficient (Wildman–Crippen LogP) is 2.31. The van der Waals surface area contributed by atoms with Crippen molar-refractivity contribution in [1.82, 2.24) is 4.72 Å². The molecular weight excluding hydrogens is 356 g/mol. The molecular formula is C12H14BrF2NO3S. The van der Waals surface area contributed by atoms with E-state index in [-0.39, 0.29) is 4.47 Å². The first-order chi connectivity index (χ1) is 9.31. The van der Waals surface area contributed by atoms with Gasteiger partial charge in [0, 0.05) is 16.6 Å². The summed E-state index contributed by atoms with van der Waals surface area (Å²) in [5.41, 5.74) is 0. The van der Waals surface area contributed by atoms with E-state index in [0.29, 0.717) is 18.9 Å². The smallest absolute Gasteiger partial charge is 0.244 e. The number of halogens is 3. The third-order valence-electron chi connectivity index (χ3n) is 3.27. The number of hydrogen-bond acceptors (Lipinski definition) is 3. The van der Waals surface area contributed by atoms with Crippen molar-refractivity contribution in [2.24, 2.45) is 0 Å². The van der Waals surface area contributed by atoms with E-state index in [1.807, 2.05) is 0 Å². The first-order valence-corrected chi connectivity index (χ1v) is 8.44. The van der Waals surface area contributed by atoms with Gasteiger partial charge in [0.2, 0.25) is 10.0 Å². The van der Waals surface area contributed by atoms with Crippen LogP contribution in [0.3, 0.4) is 0 Å². The molecule has 0 aliphatic heterocycles. The van der Waals surface area contributed by atoms with E-state index in [0.717, 1.165) is 18.9 Å². The molecule has 1 fully saturated rings. The summed E-state index contributed by atoms with van der Waals surface area (Å²) in [6.07, 6.45) is 1.81. The van der Waals surface area contributed by atoms with Crippen LogP contribution in [-0.2, 0) is 10.0 Å². The number of sulfonamides is 1. The number of nitrogens with one attached hydrogen (secondary N) is 1. The van der Waals surface area contributed by atoms with E-state index in [2.05, 4.69) is 20.7 Å². The number of aliphatic hydroxyl groups excluding tert-OH is 1. The van der Waals surface area contributed by atoms with E-state index in [9.17, 15) is 22.3 Å². The van der Waals surface area contributed by atoms with Crippen molar-refractivity contribution in [1.29, 1.82) is 0 Å². The fourth-order valence-electron chi connectivity index (χ4n) is 2.29. The fourth-order valence-corrected chi connectivity index (χ4v) is 4.76. The molecule has 0 aromatic heterocycles. The normalized spacial score (nSPS) is 23.8. The second-order valence-electron chi connectivity index (χ2n) is 4.78. The average Bonchev–Trinajstić information content (AvgIpc) is 2.30. The molecule has 0 amide bonds. The second kappa shape index (κ2) is 6.05. The van der Waals surface area contributed by atoms with Gasteiger partial charge in [0.1, 0.15) is 16.5 Å². The standard InChI is InChI=1S/C12H14BrF2NO3S/c13-8-5-7(14)6-9(15)12(8)20(18,19)16-10-3-1-2-4-11(10)17/h5-6,10-11,16-17H,1-4H2/t10-,11-/m1/s1. The van der Waals surface area contributed by atoms with Gasteiger partial charge in [-0.2, -0.15) is 0 Å². The molecule has 0 unspecified atom stereocenters. The zero-order chi connectivity index (χ0) is 14.9. The lowest BCUT2D eigenvalue weighted by Crippen LogP contribution is -2.45. The molecule has 1 aromatic rings. The summed E-state index contributed by atoms with van der Waals surface area (Å²) in [5.74, 6) is -2.04. The molecule has 2 N–H and O–H groups in total. The number of benzene rings is 1. The number of rotatable bonds is 3. The third-order valence-corrected chi connectivity index (χ3v) is 5.72. The van der Waals surface area contributed by atoms with Gasteiger partial charge >= 0.3 is 0 Å². The molecule has 2 atom stereocenters. The minimum Gasteiger partial charge on any atom is -0.391 e. The molecule has 1 aromatic carbocycles. The van der Waals surface area contributed by atoms with E-state index in [1.54, 1.807) is 0 Å². The van der Waals surface area contributed by atoms with Crippen molar-refractivity contribution in [3.05, 3.63) is 28.2 Å². The fraction of sp³-hybridized carbons (Fsp3) is 0.500. The highest BCUT2D eigenvalue weighted by molar-refractivity contribution is 9.10.